The van der Waals surface area contributed by atoms with E-state index < -0.39 is 0 Å². The van der Waals surface area contributed by atoms with Crippen LogP contribution in [0.15, 0.2) is 12.7 Å². The summed E-state index contributed by atoms with van der Waals surface area (Å²) in [6.45, 7) is 7.65. The van der Waals surface area contributed by atoms with Crippen LogP contribution in [0.25, 0.3) is 0 Å². The molecular weight excluding hydrogens is 304 g/mol. The molecule has 1 fully saturated rings. The zero-order valence-corrected chi connectivity index (χ0v) is 14.9. The molecule has 2 unspecified atom stereocenters. The van der Waals surface area contributed by atoms with E-state index in [1.54, 1.807) is 12.7 Å². The SMILES string of the molecule is Cc1nn(C)c(C)c1CC(C)C(=O)N1CCCC(n2cncn2)C1. The highest BCUT2D eigenvalue weighted by Crippen LogP contribution is 2.24. The van der Waals surface area contributed by atoms with Crippen molar-refractivity contribution in [1.82, 2.24) is 29.4 Å². The molecule has 1 amide bonds. The lowest BCUT2D eigenvalue weighted by molar-refractivity contribution is -0.136. The van der Waals surface area contributed by atoms with Crippen LogP contribution in [0, 0.1) is 19.8 Å². The Labute approximate surface area is 142 Å². The quantitative estimate of drug-likeness (QED) is 0.855. The maximum absolute atomic E-state index is 12.9. The van der Waals surface area contributed by atoms with Crippen LogP contribution in [0.2, 0.25) is 0 Å². The second-order valence-electron chi connectivity index (χ2n) is 6.83. The summed E-state index contributed by atoms with van der Waals surface area (Å²) in [5, 5.41) is 8.68. The third kappa shape index (κ3) is 3.20. The van der Waals surface area contributed by atoms with Gasteiger partial charge in [0, 0.05) is 31.7 Å². The van der Waals surface area contributed by atoms with Gasteiger partial charge in [0.05, 0.1) is 11.7 Å². The summed E-state index contributed by atoms with van der Waals surface area (Å²) in [4.78, 5) is 18.9. The molecule has 7 heteroatoms. The molecule has 0 saturated carbocycles. The number of aromatic nitrogens is 5. The van der Waals surface area contributed by atoms with Crippen molar-refractivity contribution in [1.29, 1.82) is 0 Å². The van der Waals surface area contributed by atoms with Crippen molar-refractivity contribution < 1.29 is 4.79 Å². The summed E-state index contributed by atoms with van der Waals surface area (Å²) in [5.74, 6) is 0.184. The minimum absolute atomic E-state index is 0.0407. The van der Waals surface area contributed by atoms with Crippen molar-refractivity contribution in [3.8, 4) is 0 Å². The van der Waals surface area contributed by atoms with Gasteiger partial charge in [-0.3, -0.25) is 9.48 Å². The van der Waals surface area contributed by atoms with Crippen LogP contribution in [-0.4, -0.2) is 48.4 Å². The number of likely N-dealkylation sites (tertiary alicyclic amines) is 1. The van der Waals surface area contributed by atoms with Gasteiger partial charge >= 0.3 is 0 Å². The monoisotopic (exact) mass is 330 g/mol. The fourth-order valence-corrected chi connectivity index (χ4v) is 3.59. The highest BCUT2D eigenvalue weighted by Gasteiger charge is 2.28. The lowest BCUT2D eigenvalue weighted by Gasteiger charge is -2.34. The Morgan fingerprint density at radius 1 is 1.42 bits per heavy atom. The summed E-state index contributed by atoms with van der Waals surface area (Å²) >= 11 is 0. The van der Waals surface area contributed by atoms with Gasteiger partial charge in [0.2, 0.25) is 5.91 Å². The first-order chi connectivity index (χ1) is 11.5. The highest BCUT2D eigenvalue weighted by molar-refractivity contribution is 5.79. The Kier molecular flexibility index (Phi) is 4.69. The summed E-state index contributed by atoms with van der Waals surface area (Å²) in [5.41, 5.74) is 3.36. The molecule has 0 aromatic carbocycles. The van der Waals surface area contributed by atoms with Gasteiger partial charge in [-0.1, -0.05) is 6.92 Å². The third-order valence-corrected chi connectivity index (χ3v) is 5.11. The van der Waals surface area contributed by atoms with Gasteiger partial charge in [-0.25, -0.2) is 9.67 Å². The second-order valence-corrected chi connectivity index (χ2v) is 6.83. The number of hydrogen-bond acceptors (Lipinski definition) is 4. The van der Waals surface area contributed by atoms with Crippen molar-refractivity contribution in [2.75, 3.05) is 13.1 Å². The van der Waals surface area contributed by atoms with Crippen LogP contribution in [0.3, 0.4) is 0 Å². The lowest BCUT2D eigenvalue weighted by Crippen LogP contribution is -2.43. The molecule has 2 aromatic heterocycles. The molecule has 1 saturated heterocycles. The van der Waals surface area contributed by atoms with E-state index in [9.17, 15) is 4.79 Å². The van der Waals surface area contributed by atoms with E-state index >= 15 is 0 Å². The molecule has 0 radical (unpaired) electrons. The molecule has 130 valence electrons. The molecule has 0 bridgehead atoms. The van der Waals surface area contributed by atoms with E-state index in [0.717, 1.165) is 43.7 Å². The van der Waals surface area contributed by atoms with Gasteiger partial charge in [-0.05, 0) is 38.7 Å². The normalized spacial score (nSPS) is 19.5. The van der Waals surface area contributed by atoms with Gasteiger partial charge < -0.3 is 4.90 Å². The zero-order chi connectivity index (χ0) is 17.3. The molecule has 0 aliphatic carbocycles. The smallest absolute Gasteiger partial charge is 0.225 e. The molecule has 3 heterocycles. The molecule has 1 aliphatic rings. The zero-order valence-electron chi connectivity index (χ0n) is 14.9. The van der Waals surface area contributed by atoms with E-state index in [2.05, 4.69) is 22.1 Å². The second kappa shape index (κ2) is 6.75. The van der Waals surface area contributed by atoms with Crippen molar-refractivity contribution in [2.45, 2.75) is 46.1 Å². The van der Waals surface area contributed by atoms with Crippen LogP contribution < -0.4 is 0 Å². The van der Waals surface area contributed by atoms with Gasteiger partial charge in [0.1, 0.15) is 12.7 Å². The number of piperidine rings is 1. The topological polar surface area (TPSA) is 68.8 Å². The summed E-state index contributed by atoms with van der Waals surface area (Å²) in [7, 11) is 1.95. The predicted octanol–water partition coefficient (Wildman–Crippen LogP) is 1.67. The summed E-state index contributed by atoms with van der Waals surface area (Å²) in [6, 6.07) is 0.235. The van der Waals surface area contributed by atoms with E-state index in [0.29, 0.717) is 0 Å². The van der Waals surface area contributed by atoms with E-state index in [1.807, 2.05) is 35.2 Å². The molecule has 2 aromatic rings. The van der Waals surface area contributed by atoms with Crippen LogP contribution in [-0.2, 0) is 18.3 Å². The van der Waals surface area contributed by atoms with Gasteiger partial charge in [0.25, 0.3) is 0 Å². The van der Waals surface area contributed by atoms with Gasteiger partial charge in [0.15, 0.2) is 0 Å². The minimum atomic E-state index is -0.0407. The molecule has 7 nitrogen and oxygen atoms in total. The van der Waals surface area contributed by atoms with Crippen molar-refractivity contribution in [2.24, 2.45) is 13.0 Å². The standard InChI is InChI=1S/C17H26N6O/c1-12(8-16-13(2)20-21(4)14(16)3)17(24)22-7-5-6-15(9-22)23-11-18-10-19-23/h10-12,15H,5-9H2,1-4H3. The van der Waals surface area contributed by atoms with Crippen LogP contribution in [0.1, 0.15) is 42.8 Å². The first-order valence-electron chi connectivity index (χ1n) is 8.59. The van der Waals surface area contributed by atoms with E-state index in [1.165, 1.54) is 5.56 Å². The number of rotatable bonds is 4. The summed E-state index contributed by atoms with van der Waals surface area (Å²) < 4.78 is 3.77. The number of aryl methyl sites for hydroxylation is 2. The highest BCUT2D eigenvalue weighted by atomic mass is 16.2. The third-order valence-electron chi connectivity index (χ3n) is 5.11. The van der Waals surface area contributed by atoms with Crippen LogP contribution in [0.5, 0.6) is 0 Å². The largest absolute Gasteiger partial charge is 0.340 e. The molecule has 1 aliphatic heterocycles. The Hall–Kier alpha value is -2.18. The first-order valence-corrected chi connectivity index (χ1v) is 8.59. The Bertz CT molecular complexity index is 705. The summed E-state index contributed by atoms with van der Waals surface area (Å²) in [6.07, 6.45) is 6.09. The fourth-order valence-electron chi connectivity index (χ4n) is 3.59. The van der Waals surface area contributed by atoms with Crippen molar-refractivity contribution in [3.05, 3.63) is 29.6 Å². The Morgan fingerprint density at radius 2 is 2.21 bits per heavy atom. The Morgan fingerprint density at radius 3 is 2.83 bits per heavy atom. The van der Waals surface area contributed by atoms with E-state index in [-0.39, 0.29) is 17.9 Å². The predicted molar refractivity (Wildman–Crippen MR) is 90.4 cm³/mol. The molecule has 0 spiro atoms. The molecule has 2 atom stereocenters. The number of carbonyl (C=O) groups is 1. The van der Waals surface area contributed by atoms with Gasteiger partial charge in [-0.2, -0.15) is 10.2 Å². The number of hydrogen-bond donors (Lipinski definition) is 0. The van der Waals surface area contributed by atoms with Crippen LogP contribution >= 0.6 is 0 Å². The molecular formula is C17H26N6O. The number of nitrogens with zero attached hydrogens (tertiary/aromatic N) is 6. The minimum Gasteiger partial charge on any atom is -0.340 e. The average Bonchev–Trinajstić information content (AvgIpc) is 3.19. The van der Waals surface area contributed by atoms with E-state index in [4.69, 9.17) is 0 Å². The maximum Gasteiger partial charge on any atom is 0.225 e. The molecule has 24 heavy (non-hydrogen) atoms. The lowest BCUT2D eigenvalue weighted by atomic mass is 9.96. The Balaban J connectivity index is 1.66. The molecule has 3 rings (SSSR count). The molecule has 0 N–H and O–H groups in total. The van der Waals surface area contributed by atoms with Crippen LogP contribution in [0.4, 0.5) is 0 Å². The number of amides is 1. The van der Waals surface area contributed by atoms with Crippen molar-refractivity contribution >= 4 is 5.91 Å². The maximum atomic E-state index is 12.9. The average molecular weight is 330 g/mol. The van der Waals surface area contributed by atoms with Crippen molar-refractivity contribution in [3.63, 3.8) is 0 Å². The number of carbonyl (C=O) groups excluding carboxylic acids is 1. The first kappa shape index (κ1) is 16.7. The fraction of sp³-hybridized carbons (Fsp3) is 0.647. The van der Waals surface area contributed by atoms with Gasteiger partial charge in [-0.15, -0.1) is 0 Å².